The standard InChI is InChI=1S/C14H23N3S/c1-3-15-8-13-9-16-14(18-13)10-6-11-4-5-12(7-10)17(11)2/h9-12,15H,3-8H2,1-2H3. The van der Waals surface area contributed by atoms with E-state index in [1.165, 1.54) is 35.6 Å². The third kappa shape index (κ3) is 2.33. The number of nitrogens with one attached hydrogen (secondary N) is 1. The highest BCUT2D eigenvalue weighted by Gasteiger charge is 2.39. The largest absolute Gasteiger partial charge is 0.312 e. The summed E-state index contributed by atoms with van der Waals surface area (Å²) in [6.07, 6.45) is 7.51. The van der Waals surface area contributed by atoms with Gasteiger partial charge < -0.3 is 10.2 Å². The minimum atomic E-state index is 0.721. The Hall–Kier alpha value is -0.450. The minimum Gasteiger partial charge on any atom is -0.312 e. The highest BCUT2D eigenvalue weighted by Crippen LogP contribution is 2.42. The lowest BCUT2D eigenvalue weighted by Crippen LogP contribution is -2.39. The van der Waals surface area contributed by atoms with Gasteiger partial charge in [0.25, 0.3) is 0 Å². The Kier molecular flexibility index (Phi) is 3.68. The fourth-order valence-corrected chi connectivity index (χ4v) is 4.47. The maximum absolute atomic E-state index is 4.67. The first-order valence-electron chi connectivity index (χ1n) is 7.15. The van der Waals surface area contributed by atoms with E-state index in [-0.39, 0.29) is 0 Å². The Morgan fingerprint density at radius 3 is 2.78 bits per heavy atom. The molecule has 1 aromatic rings. The predicted octanol–water partition coefficient (Wildman–Crippen LogP) is 2.59. The fraction of sp³-hybridized carbons (Fsp3) is 0.786. The van der Waals surface area contributed by atoms with Crippen molar-refractivity contribution in [1.29, 1.82) is 0 Å². The van der Waals surface area contributed by atoms with Crippen LogP contribution in [0, 0.1) is 0 Å². The maximum atomic E-state index is 4.67. The molecular formula is C14H23N3S. The Morgan fingerprint density at radius 2 is 2.11 bits per heavy atom. The lowest BCUT2D eigenvalue weighted by atomic mass is 9.92. The van der Waals surface area contributed by atoms with Crippen LogP contribution >= 0.6 is 11.3 Å². The maximum Gasteiger partial charge on any atom is 0.0960 e. The van der Waals surface area contributed by atoms with E-state index in [1.54, 1.807) is 0 Å². The van der Waals surface area contributed by atoms with E-state index in [4.69, 9.17) is 0 Å². The molecule has 18 heavy (non-hydrogen) atoms. The zero-order chi connectivity index (χ0) is 12.5. The molecule has 2 aliphatic rings. The van der Waals surface area contributed by atoms with E-state index in [1.807, 2.05) is 11.3 Å². The second kappa shape index (κ2) is 5.27. The van der Waals surface area contributed by atoms with Crippen molar-refractivity contribution in [3.8, 4) is 0 Å². The molecule has 4 heteroatoms. The van der Waals surface area contributed by atoms with Crippen molar-refractivity contribution in [3.63, 3.8) is 0 Å². The molecular weight excluding hydrogens is 242 g/mol. The molecule has 2 aliphatic heterocycles. The van der Waals surface area contributed by atoms with Crippen molar-refractivity contribution in [3.05, 3.63) is 16.1 Å². The number of hydrogen-bond acceptors (Lipinski definition) is 4. The van der Waals surface area contributed by atoms with Gasteiger partial charge in [-0.2, -0.15) is 0 Å². The number of nitrogens with zero attached hydrogens (tertiary/aromatic N) is 2. The molecule has 0 saturated carbocycles. The summed E-state index contributed by atoms with van der Waals surface area (Å²) in [6.45, 7) is 4.16. The van der Waals surface area contributed by atoms with Gasteiger partial charge in [-0.3, -0.25) is 0 Å². The minimum absolute atomic E-state index is 0.721. The van der Waals surface area contributed by atoms with E-state index in [9.17, 15) is 0 Å². The molecule has 100 valence electrons. The summed E-state index contributed by atoms with van der Waals surface area (Å²) in [4.78, 5) is 8.66. The third-order valence-electron chi connectivity index (χ3n) is 4.57. The van der Waals surface area contributed by atoms with E-state index >= 15 is 0 Å². The smallest absolute Gasteiger partial charge is 0.0960 e. The lowest BCUT2D eigenvalue weighted by molar-refractivity contribution is 0.161. The van der Waals surface area contributed by atoms with Crippen LogP contribution in [0.4, 0.5) is 0 Å². The van der Waals surface area contributed by atoms with Crippen LogP contribution in [0.15, 0.2) is 6.20 Å². The summed E-state index contributed by atoms with van der Waals surface area (Å²) in [5, 5.41) is 4.76. The molecule has 1 N–H and O–H groups in total. The molecule has 0 aliphatic carbocycles. The number of aromatic nitrogens is 1. The van der Waals surface area contributed by atoms with Crippen LogP contribution in [-0.2, 0) is 6.54 Å². The van der Waals surface area contributed by atoms with Gasteiger partial charge in [0.2, 0.25) is 0 Å². The highest BCUT2D eigenvalue weighted by molar-refractivity contribution is 7.11. The van der Waals surface area contributed by atoms with Gasteiger partial charge >= 0.3 is 0 Å². The van der Waals surface area contributed by atoms with Gasteiger partial charge in [0, 0.05) is 35.6 Å². The van der Waals surface area contributed by atoms with Crippen LogP contribution in [0.2, 0.25) is 0 Å². The summed E-state index contributed by atoms with van der Waals surface area (Å²) < 4.78 is 0. The van der Waals surface area contributed by atoms with Crippen LogP contribution in [0.3, 0.4) is 0 Å². The molecule has 2 fully saturated rings. The van der Waals surface area contributed by atoms with Gasteiger partial charge in [-0.15, -0.1) is 11.3 Å². The molecule has 3 heterocycles. The normalized spacial score (nSPS) is 32.0. The molecule has 0 amide bonds. The van der Waals surface area contributed by atoms with Crippen molar-refractivity contribution < 1.29 is 0 Å². The summed E-state index contributed by atoms with van der Waals surface area (Å²) in [5.74, 6) is 0.721. The Bertz CT molecular complexity index is 389. The Balaban J connectivity index is 1.66. The number of thiazole rings is 1. The number of piperidine rings is 1. The van der Waals surface area contributed by atoms with Crippen molar-refractivity contribution in [2.24, 2.45) is 0 Å². The summed E-state index contributed by atoms with van der Waals surface area (Å²) in [5.41, 5.74) is 0. The van der Waals surface area contributed by atoms with Crippen LogP contribution in [0.25, 0.3) is 0 Å². The van der Waals surface area contributed by atoms with Crippen LogP contribution in [-0.4, -0.2) is 35.6 Å². The SMILES string of the molecule is CCNCc1cnc(C2CC3CCC(C2)N3C)s1. The average molecular weight is 265 g/mol. The second-order valence-electron chi connectivity index (χ2n) is 5.66. The fourth-order valence-electron chi connectivity index (χ4n) is 3.45. The molecule has 3 nitrogen and oxygen atoms in total. The molecule has 2 unspecified atom stereocenters. The Labute approximate surface area is 114 Å². The van der Waals surface area contributed by atoms with Gasteiger partial charge in [0.1, 0.15) is 0 Å². The summed E-state index contributed by atoms with van der Waals surface area (Å²) >= 11 is 1.92. The van der Waals surface area contributed by atoms with Crippen LogP contribution < -0.4 is 5.32 Å². The highest BCUT2D eigenvalue weighted by atomic mass is 32.1. The van der Waals surface area contributed by atoms with Crippen molar-refractivity contribution in [2.45, 2.75) is 57.2 Å². The Morgan fingerprint density at radius 1 is 1.39 bits per heavy atom. The molecule has 2 atom stereocenters. The van der Waals surface area contributed by atoms with E-state index < -0.39 is 0 Å². The summed E-state index contributed by atoms with van der Waals surface area (Å²) in [7, 11) is 2.30. The predicted molar refractivity (Wildman–Crippen MR) is 76.0 cm³/mol. The van der Waals surface area contributed by atoms with E-state index in [0.29, 0.717) is 0 Å². The van der Waals surface area contributed by atoms with Crippen molar-refractivity contribution >= 4 is 11.3 Å². The van der Waals surface area contributed by atoms with Gasteiger partial charge in [-0.25, -0.2) is 4.98 Å². The van der Waals surface area contributed by atoms with Gasteiger partial charge in [0.15, 0.2) is 0 Å². The monoisotopic (exact) mass is 265 g/mol. The molecule has 2 saturated heterocycles. The zero-order valence-electron chi connectivity index (χ0n) is 11.4. The number of hydrogen-bond donors (Lipinski definition) is 1. The lowest BCUT2D eigenvalue weighted by Gasteiger charge is -2.35. The van der Waals surface area contributed by atoms with Crippen LogP contribution in [0.5, 0.6) is 0 Å². The first-order valence-corrected chi connectivity index (χ1v) is 7.96. The molecule has 0 radical (unpaired) electrons. The van der Waals surface area contributed by atoms with Gasteiger partial charge in [-0.1, -0.05) is 6.92 Å². The molecule has 0 aromatic carbocycles. The zero-order valence-corrected chi connectivity index (χ0v) is 12.2. The van der Waals surface area contributed by atoms with E-state index in [2.05, 4.69) is 35.4 Å². The topological polar surface area (TPSA) is 28.2 Å². The van der Waals surface area contributed by atoms with Crippen molar-refractivity contribution in [1.82, 2.24) is 15.2 Å². The first-order chi connectivity index (χ1) is 8.78. The molecule has 2 bridgehead atoms. The van der Waals surface area contributed by atoms with Crippen molar-refractivity contribution in [2.75, 3.05) is 13.6 Å². The number of fused-ring (bicyclic) bond motifs is 2. The average Bonchev–Trinajstić information content (AvgIpc) is 2.90. The molecule has 0 spiro atoms. The van der Waals surface area contributed by atoms with Gasteiger partial charge in [-0.05, 0) is 39.3 Å². The van der Waals surface area contributed by atoms with Crippen LogP contribution in [0.1, 0.15) is 48.4 Å². The molecule has 3 rings (SSSR count). The van der Waals surface area contributed by atoms with Gasteiger partial charge in [0.05, 0.1) is 5.01 Å². The first kappa shape index (κ1) is 12.6. The number of rotatable bonds is 4. The third-order valence-corrected chi connectivity index (χ3v) is 5.73. The second-order valence-corrected chi connectivity index (χ2v) is 6.81. The summed E-state index contributed by atoms with van der Waals surface area (Å²) in [6, 6.07) is 1.63. The quantitative estimate of drug-likeness (QED) is 0.907. The molecule has 1 aromatic heterocycles. The van der Waals surface area contributed by atoms with E-state index in [0.717, 1.165) is 31.1 Å².